The third kappa shape index (κ3) is 2.66. The lowest BCUT2D eigenvalue weighted by Gasteiger charge is -2.09. The number of carboxylic acid groups (broad SMARTS) is 1. The van der Waals surface area contributed by atoms with Crippen LogP contribution in [0.1, 0.15) is 10.5 Å². The van der Waals surface area contributed by atoms with E-state index in [2.05, 4.69) is 4.98 Å². The summed E-state index contributed by atoms with van der Waals surface area (Å²) in [6.07, 6.45) is 0. The summed E-state index contributed by atoms with van der Waals surface area (Å²) >= 11 is 6.12. The maximum Gasteiger partial charge on any atom is 0.354 e. The standard InChI is InChI=1S/C16H10ClNO3/c17-12-9-13(16(19)20)18-15-11(12)7-4-8-14(15)21-10-5-2-1-3-6-10/h1-9H,(H,19,20). The molecule has 0 amide bonds. The molecule has 21 heavy (non-hydrogen) atoms. The second-order valence-corrected chi connectivity index (χ2v) is 4.77. The second kappa shape index (κ2) is 5.42. The van der Waals surface area contributed by atoms with Crippen LogP contribution in [-0.2, 0) is 0 Å². The predicted octanol–water partition coefficient (Wildman–Crippen LogP) is 4.38. The van der Waals surface area contributed by atoms with Gasteiger partial charge in [-0.05, 0) is 24.3 Å². The summed E-state index contributed by atoms with van der Waals surface area (Å²) in [5.74, 6) is -0.0272. The van der Waals surface area contributed by atoms with E-state index in [9.17, 15) is 4.79 Å². The molecule has 0 unspecified atom stereocenters. The molecular formula is C16H10ClNO3. The Hall–Kier alpha value is -2.59. The average molecular weight is 300 g/mol. The summed E-state index contributed by atoms with van der Waals surface area (Å²) in [5, 5.41) is 10.1. The fraction of sp³-hybridized carbons (Fsp3) is 0. The average Bonchev–Trinajstić information content (AvgIpc) is 2.49. The molecule has 1 heterocycles. The molecule has 0 radical (unpaired) electrons. The number of nitrogens with zero attached hydrogens (tertiary/aromatic N) is 1. The first-order chi connectivity index (χ1) is 10.1. The van der Waals surface area contributed by atoms with Crippen LogP contribution >= 0.6 is 11.6 Å². The lowest BCUT2D eigenvalue weighted by atomic mass is 10.2. The molecule has 0 saturated carbocycles. The molecule has 4 nitrogen and oxygen atoms in total. The van der Waals surface area contributed by atoms with Crippen molar-refractivity contribution < 1.29 is 14.6 Å². The summed E-state index contributed by atoms with van der Waals surface area (Å²) in [4.78, 5) is 15.2. The van der Waals surface area contributed by atoms with Gasteiger partial charge in [0.15, 0.2) is 11.4 Å². The van der Waals surface area contributed by atoms with Gasteiger partial charge in [-0.1, -0.05) is 41.9 Å². The van der Waals surface area contributed by atoms with E-state index in [1.807, 2.05) is 30.3 Å². The number of hydrogen-bond acceptors (Lipinski definition) is 3. The van der Waals surface area contributed by atoms with Gasteiger partial charge in [-0.15, -0.1) is 0 Å². The number of benzene rings is 2. The number of aromatic carboxylic acids is 1. The third-order valence-electron chi connectivity index (χ3n) is 2.94. The quantitative estimate of drug-likeness (QED) is 0.779. The number of fused-ring (bicyclic) bond motifs is 1. The Morgan fingerprint density at radius 1 is 1.10 bits per heavy atom. The van der Waals surface area contributed by atoms with Crippen molar-refractivity contribution in [3.8, 4) is 11.5 Å². The Labute approximate surface area is 125 Å². The predicted molar refractivity (Wildman–Crippen MR) is 80.2 cm³/mol. The molecule has 0 fully saturated rings. The Balaban J connectivity index is 2.16. The summed E-state index contributed by atoms with van der Waals surface area (Å²) in [6, 6.07) is 15.8. The Morgan fingerprint density at radius 2 is 1.86 bits per heavy atom. The minimum Gasteiger partial charge on any atom is -0.477 e. The summed E-state index contributed by atoms with van der Waals surface area (Å²) < 4.78 is 5.77. The van der Waals surface area contributed by atoms with Gasteiger partial charge in [0, 0.05) is 5.39 Å². The molecule has 104 valence electrons. The SMILES string of the molecule is O=C(O)c1cc(Cl)c2cccc(Oc3ccccc3)c2n1. The minimum atomic E-state index is -1.13. The van der Waals surface area contributed by atoms with Crippen LogP contribution in [0.15, 0.2) is 54.6 Å². The largest absolute Gasteiger partial charge is 0.477 e. The topological polar surface area (TPSA) is 59.4 Å². The molecule has 5 heteroatoms. The number of para-hydroxylation sites is 2. The van der Waals surface area contributed by atoms with E-state index in [0.717, 1.165) is 0 Å². The first-order valence-corrected chi connectivity index (χ1v) is 6.58. The number of hydrogen-bond donors (Lipinski definition) is 1. The van der Waals surface area contributed by atoms with Gasteiger partial charge in [0.1, 0.15) is 11.3 Å². The van der Waals surface area contributed by atoms with E-state index in [-0.39, 0.29) is 5.69 Å². The fourth-order valence-corrected chi connectivity index (χ4v) is 2.24. The number of ether oxygens (including phenoxy) is 1. The minimum absolute atomic E-state index is 0.114. The van der Waals surface area contributed by atoms with Crippen LogP contribution in [0.25, 0.3) is 10.9 Å². The fourth-order valence-electron chi connectivity index (χ4n) is 1.99. The highest BCUT2D eigenvalue weighted by molar-refractivity contribution is 6.35. The van der Waals surface area contributed by atoms with Crippen LogP contribution in [0.3, 0.4) is 0 Å². The highest BCUT2D eigenvalue weighted by Crippen LogP contribution is 2.32. The first kappa shape index (κ1) is 13.4. The molecular weight excluding hydrogens is 290 g/mol. The molecule has 2 aromatic carbocycles. The number of carbonyl (C=O) groups is 1. The van der Waals surface area contributed by atoms with Crippen molar-refractivity contribution in [2.24, 2.45) is 0 Å². The van der Waals surface area contributed by atoms with Crippen molar-refractivity contribution in [1.29, 1.82) is 0 Å². The van der Waals surface area contributed by atoms with Crippen LogP contribution in [0.4, 0.5) is 0 Å². The maximum atomic E-state index is 11.1. The molecule has 0 bridgehead atoms. The second-order valence-electron chi connectivity index (χ2n) is 4.36. The first-order valence-electron chi connectivity index (χ1n) is 6.20. The van der Waals surface area contributed by atoms with Crippen LogP contribution in [0.2, 0.25) is 5.02 Å². The molecule has 0 spiro atoms. The molecule has 0 aliphatic heterocycles. The maximum absolute atomic E-state index is 11.1. The van der Waals surface area contributed by atoms with Crippen LogP contribution in [-0.4, -0.2) is 16.1 Å². The molecule has 1 aromatic heterocycles. The van der Waals surface area contributed by atoms with Crippen LogP contribution < -0.4 is 4.74 Å². The van der Waals surface area contributed by atoms with E-state index in [0.29, 0.717) is 27.4 Å². The molecule has 0 atom stereocenters. The van der Waals surface area contributed by atoms with E-state index in [4.69, 9.17) is 21.4 Å². The van der Waals surface area contributed by atoms with Gasteiger partial charge >= 0.3 is 5.97 Å². The monoisotopic (exact) mass is 299 g/mol. The van der Waals surface area contributed by atoms with Crippen molar-refractivity contribution in [3.63, 3.8) is 0 Å². The molecule has 3 rings (SSSR count). The van der Waals surface area contributed by atoms with Gasteiger partial charge < -0.3 is 9.84 Å². The van der Waals surface area contributed by atoms with E-state index < -0.39 is 5.97 Å². The van der Waals surface area contributed by atoms with E-state index in [1.165, 1.54) is 6.07 Å². The zero-order valence-electron chi connectivity index (χ0n) is 10.8. The van der Waals surface area contributed by atoms with Gasteiger partial charge in [-0.25, -0.2) is 9.78 Å². The zero-order chi connectivity index (χ0) is 14.8. The van der Waals surface area contributed by atoms with Crippen molar-refractivity contribution in [3.05, 3.63) is 65.3 Å². The highest BCUT2D eigenvalue weighted by atomic mass is 35.5. The highest BCUT2D eigenvalue weighted by Gasteiger charge is 2.13. The summed E-state index contributed by atoms with van der Waals surface area (Å²) in [5.41, 5.74) is 0.308. The lowest BCUT2D eigenvalue weighted by Crippen LogP contribution is -2.01. The molecule has 1 N–H and O–H groups in total. The van der Waals surface area contributed by atoms with E-state index in [1.54, 1.807) is 18.2 Å². The zero-order valence-corrected chi connectivity index (χ0v) is 11.5. The van der Waals surface area contributed by atoms with Crippen molar-refractivity contribution in [2.45, 2.75) is 0 Å². The Bertz CT molecular complexity index is 818. The van der Waals surface area contributed by atoms with Crippen molar-refractivity contribution >= 4 is 28.5 Å². The van der Waals surface area contributed by atoms with Crippen molar-refractivity contribution in [2.75, 3.05) is 0 Å². The third-order valence-corrected chi connectivity index (χ3v) is 3.25. The van der Waals surface area contributed by atoms with Gasteiger partial charge in [0.2, 0.25) is 0 Å². The van der Waals surface area contributed by atoms with Gasteiger partial charge in [-0.2, -0.15) is 0 Å². The summed E-state index contributed by atoms with van der Waals surface area (Å²) in [7, 11) is 0. The van der Waals surface area contributed by atoms with Gasteiger partial charge in [0.05, 0.1) is 5.02 Å². The lowest BCUT2D eigenvalue weighted by molar-refractivity contribution is 0.0691. The molecule has 0 aliphatic carbocycles. The van der Waals surface area contributed by atoms with Crippen molar-refractivity contribution in [1.82, 2.24) is 4.98 Å². The van der Waals surface area contributed by atoms with Crippen LogP contribution in [0.5, 0.6) is 11.5 Å². The summed E-state index contributed by atoms with van der Waals surface area (Å²) in [6.45, 7) is 0. The number of pyridine rings is 1. The molecule has 0 saturated heterocycles. The molecule has 0 aliphatic rings. The molecule has 3 aromatic rings. The smallest absolute Gasteiger partial charge is 0.354 e. The Kier molecular flexibility index (Phi) is 3.46. The van der Waals surface area contributed by atoms with Gasteiger partial charge in [-0.3, -0.25) is 0 Å². The van der Waals surface area contributed by atoms with Crippen LogP contribution in [0, 0.1) is 0 Å². The number of carboxylic acids is 1. The van der Waals surface area contributed by atoms with E-state index >= 15 is 0 Å². The normalized spacial score (nSPS) is 10.5. The number of rotatable bonds is 3. The Morgan fingerprint density at radius 3 is 2.57 bits per heavy atom. The van der Waals surface area contributed by atoms with Gasteiger partial charge in [0.25, 0.3) is 0 Å². The number of aromatic nitrogens is 1. The number of halogens is 1.